The second-order valence-electron chi connectivity index (χ2n) is 4.55. The monoisotopic (exact) mass is 320 g/mol. The van der Waals surface area contributed by atoms with Crippen molar-refractivity contribution in [1.82, 2.24) is 9.55 Å². The predicted molar refractivity (Wildman–Crippen MR) is 82.1 cm³/mol. The lowest BCUT2D eigenvalue weighted by atomic mass is 10.2. The second-order valence-corrected chi connectivity index (χ2v) is 5.61. The van der Waals surface area contributed by atoms with Gasteiger partial charge in [-0.25, -0.2) is 4.98 Å². The van der Waals surface area contributed by atoms with Gasteiger partial charge in [0, 0.05) is 16.2 Å². The van der Waals surface area contributed by atoms with Crippen molar-refractivity contribution in [2.24, 2.45) is 0 Å². The fourth-order valence-electron chi connectivity index (χ4n) is 2.25. The summed E-state index contributed by atoms with van der Waals surface area (Å²) >= 11 is 1.25. The van der Waals surface area contributed by atoms with Crippen molar-refractivity contribution in [3.63, 3.8) is 0 Å². The number of ether oxygens (including phenoxy) is 2. The summed E-state index contributed by atoms with van der Waals surface area (Å²) < 4.78 is 12.8. The van der Waals surface area contributed by atoms with Gasteiger partial charge in [-0.1, -0.05) is 0 Å². The van der Waals surface area contributed by atoms with Crippen LogP contribution in [0.25, 0.3) is 20.3 Å². The van der Waals surface area contributed by atoms with Crippen LogP contribution in [0.15, 0.2) is 23.3 Å². The van der Waals surface area contributed by atoms with E-state index in [-0.39, 0.29) is 5.56 Å². The summed E-state index contributed by atoms with van der Waals surface area (Å²) in [6, 6.07) is 3.54. The minimum Gasteiger partial charge on any atom is -0.493 e. The van der Waals surface area contributed by atoms with Crippen LogP contribution in [0, 0.1) is 0 Å². The summed E-state index contributed by atoms with van der Waals surface area (Å²) in [6.45, 7) is -0.414. The number of carboxylic acid groups (broad SMARTS) is 1. The van der Waals surface area contributed by atoms with E-state index in [0.29, 0.717) is 21.7 Å². The number of fused-ring (bicyclic) bond motifs is 3. The first-order valence-corrected chi connectivity index (χ1v) is 7.12. The summed E-state index contributed by atoms with van der Waals surface area (Å²) in [5, 5.41) is 9.60. The summed E-state index contributed by atoms with van der Waals surface area (Å²) in [5.41, 5.74) is 0.166. The highest BCUT2D eigenvalue weighted by Gasteiger charge is 2.16. The molecule has 0 fully saturated rings. The molecule has 0 amide bonds. The average Bonchev–Trinajstić information content (AvgIpc) is 2.86. The first kappa shape index (κ1) is 14.3. The van der Waals surface area contributed by atoms with Crippen molar-refractivity contribution in [3.8, 4) is 11.5 Å². The first-order chi connectivity index (χ1) is 10.5. The van der Waals surface area contributed by atoms with E-state index in [1.54, 1.807) is 12.1 Å². The molecule has 0 aliphatic carbocycles. The summed E-state index contributed by atoms with van der Waals surface area (Å²) in [6.07, 6.45) is 1.25. The molecular formula is C14H12N2O5S. The number of hydrogen-bond donors (Lipinski definition) is 1. The highest BCUT2D eigenvalue weighted by atomic mass is 32.1. The molecule has 0 bridgehead atoms. The molecule has 2 aromatic heterocycles. The molecule has 0 unspecified atom stereocenters. The van der Waals surface area contributed by atoms with Gasteiger partial charge in [-0.3, -0.25) is 14.2 Å². The van der Waals surface area contributed by atoms with Gasteiger partial charge in [-0.2, -0.15) is 0 Å². The van der Waals surface area contributed by atoms with Crippen LogP contribution in [-0.2, 0) is 11.3 Å². The summed E-state index contributed by atoms with van der Waals surface area (Å²) in [5.74, 6) is 0.0198. The molecule has 8 heteroatoms. The highest BCUT2D eigenvalue weighted by Crippen LogP contribution is 2.38. The highest BCUT2D eigenvalue weighted by molar-refractivity contribution is 7.25. The molecule has 0 saturated heterocycles. The van der Waals surface area contributed by atoms with E-state index in [4.69, 9.17) is 14.6 Å². The maximum Gasteiger partial charge on any atom is 0.323 e. The number of methoxy groups -OCH3 is 2. The molecule has 7 nitrogen and oxygen atoms in total. The molecule has 0 spiro atoms. The van der Waals surface area contributed by atoms with Crippen molar-refractivity contribution < 1.29 is 19.4 Å². The number of aliphatic carboxylic acids is 1. The molecule has 22 heavy (non-hydrogen) atoms. The van der Waals surface area contributed by atoms with E-state index >= 15 is 0 Å². The summed E-state index contributed by atoms with van der Waals surface area (Å²) in [7, 11) is 3.07. The third-order valence-corrected chi connectivity index (χ3v) is 4.38. The minimum atomic E-state index is -1.09. The lowest BCUT2D eigenvalue weighted by Crippen LogP contribution is -2.23. The molecule has 1 N–H and O–H groups in total. The Labute approximate surface area is 128 Å². The van der Waals surface area contributed by atoms with Crippen LogP contribution in [0.3, 0.4) is 0 Å². The normalized spacial score (nSPS) is 11.0. The smallest absolute Gasteiger partial charge is 0.323 e. The lowest BCUT2D eigenvalue weighted by molar-refractivity contribution is -0.137. The molecule has 114 valence electrons. The van der Waals surface area contributed by atoms with Gasteiger partial charge in [-0.15, -0.1) is 11.3 Å². The number of hydrogen-bond acceptors (Lipinski definition) is 6. The number of benzene rings is 1. The third-order valence-electron chi connectivity index (χ3n) is 3.25. The molecular weight excluding hydrogens is 308 g/mol. The number of nitrogens with zero attached hydrogens (tertiary/aromatic N) is 2. The van der Waals surface area contributed by atoms with Gasteiger partial charge in [0.1, 0.15) is 11.2 Å². The van der Waals surface area contributed by atoms with Crippen LogP contribution in [0.2, 0.25) is 0 Å². The lowest BCUT2D eigenvalue weighted by Gasteiger charge is -2.06. The van der Waals surface area contributed by atoms with Crippen molar-refractivity contribution in [2.45, 2.75) is 6.54 Å². The van der Waals surface area contributed by atoms with Crippen molar-refractivity contribution >= 4 is 37.6 Å². The maximum absolute atomic E-state index is 12.4. The van der Waals surface area contributed by atoms with Gasteiger partial charge in [0.05, 0.1) is 26.1 Å². The standard InChI is InChI=1S/C14H12N2O5S/c1-20-8-3-7-10(4-9(8)21-2)22-13-12(7)15-6-16(14(13)19)5-11(17)18/h3-4,6H,5H2,1-2H3,(H,17,18). The number of carboxylic acids is 1. The largest absolute Gasteiger partial charge is 0.493 e. The Kier molecular flexibility index (Phi) is 3.45. The van der Waals surface area contributed by atoms with Crippen LogP contribution in [0.4, 0.5) is 0 Å². The van der Waals surface area contributed by atoms with Gasteiger partial charge in [-0.05, 0) is 6.07 Å². The van der Waals surface area contributed by atoms with E-state index in [0.717, 1.165) is 14.7 Å². The van der Waals surface area contributed by atoms with E-state index in [1.807, 2.05) is 0 Å². The molecule has 0 radical (unpaired) electrons. The van der Waals surface area contributed by atoms with Crippen molar-refractivity contribution in [3.05, 3.63) is 28.8 Å². The number of aromatic nitrogens is 2. The van der Waals surface area contributed by atoms with Gasteiger partial charge in [0.15, 0.2) is 11.5 Å². The van der Waals surface area contributed by atoms with Crippen molar-refractivity contribution in [1.29, 1.82) is 0 Å². The van der Waals surface area contributed by atoms with Crippen LogP contribution in [0.1, 0.15) is 0 Å². The van der Waals surface area contributed by atoms with Crippen molar-refractivity contribution in [2.75, 3.05) is 14.2 Å². The van der Waals surface area contributed by atoms with Gasteiger partial charge in [0.25, 0.3) is 5.56 Å². The Morgan fingerprint density at radius 1 is 1.32 bits per heavy atom. The first-order valence-electron chi connectivity index (χ1n) is 6.30. The minimum absolute atomic E-state index is 0.369. The number of carbonyl (C=O) groups is 1. The molecule has 2 heterocycles. The second kappa shape index (κ2) is 5.30. The molecule has 0 saturated carbocycles. The number of rotatable bonds is 4. The maximum atomic E-state index is 12.4. The fourth-order valence-corrected chi connectivity index (χ4v) is 3.37. The molecule has 0 atom stereocenters. The van der Waals surface area contributed by atoms with Crippen LogP contribution < -0.4 is 15.0 Å². The van der Waals surface area contributed by atoms with E-state index in [9.17, 15) is 9.59 Å². The zero-order chi connectivity index (χ0) is 15.9. The van der Waals surface area contributed by atoms with Crippen LogP contribution in [0.5, 0.6) is 11.5 Å². The van der Waals surface area contributed by atoms with Gasteiger partial charge >= 0.3 is 5.97 Å². The van der Waals surface area contributed by atoms with Gasteiger partial charge < -0.3 is 14.6 Å². The zero-order valence-corrected chi connectivity index (χ0v) is 12.6. The van der Waals surface area contributed by atoms with E-state index < -0.39 is 12.5 Å². The Balaban J connectivity index is 2.32. The average molecular weight is 320 g/mol. The Hall–Kier alpha value is -2.61. The number of thiophene rings is 1. The zero-order valence-electron chi connectivity index (χ0n) is 11.8. The summed E-state index contributed by atoms with van der Waals surface area (Å²) in [4.78, 5) is 27.4. The third kappa shape index (κ3) is 2.17. The van der Waals surface area contributed by atoms with Crippen LogP contribution in [-0.4, -0.2) is 34.8 Å². The molecule has 0 aliphatic rings. The Bertz CT molecular complexity index is 944. The topological polar surface area (TPSA) is 90.7 Å². The molecule has 3 aromatic rings. The molecule has 0 aliphatic heterocycles. The Morgan fingerprint density at radius 3 is 2.64 bits per heavy atom. The quantitative estimate of drug-likeness (QED) is 0.787. The predicted octanol–water partition coefficient (Wildman–Crippen LogP) is 1.71. The van der Waals surface area contributed by atoms with Gasteiger partial charge in [0.2, 0.25) is 0 Å². The van der Waals surface area contributed by atoms with E-state index in [1.165, 1.54) is 31.9 Å². The SMILES string of the molecule is COc1cc2sc3c(=O)n(CC(=O)O)cnc3c2cc1OC. The molecule has 1 aromatic carbocycles. The molecule has 3 rings (SSSR count). The van der Waals surface area contributed by atoms with Crippen LogP contribution >= 0.6 is 11.3 Å². The Morgan fingerprint density at radius 2 is 2.00 bits per heavy atom. The fraction of sp³-hybridized carbons (Fsp3) is 0.214. The van der Waals surface area contributed by atoms with E-state index in [2.05, 4.69) is 4.98 Å².